The van der Waals surface area contributed by atoms with Gasteiger partial charge in [-0.3, -0.25) is 9.78 Å². The number of nitrogens with one attached hydrogen (secondary N) is 1. The molecule has 0 radical (unpaired) electrons. The molecule has 1 aliphatic heterocycles. The van der Waals surface area contributed by atoms with Crippen molar-refractivity contribution >= 4 is 11.6 Å². The lowest BCUT2D eigenvalue weighted by Gasteiger charge is -2.25. The molecule has 4 rings (SSSR count). The molecule has 1 aromatic heterocycles. The van der Waals surface area contributed by atoms with Crippen LogP contribution in [0.5, 0.6) is 0 Å². The summed E-state index contributed by atoms with van der Waals surface area (Å²) in [5.41, 5.74) is 4.23. The van der Waals surface area contributed by atoms with Gasteiger partial charge in [-0.05, 0) is 29.3 Å². The first-order valence-corrected chi connectivity index (χ1v) is 9.28. The summed E-state index contributed by atoms with van der Waals surface area (Å²) in [6.07, 6.45) is 3.60. The molecule has 0 unspecified atom stereocenters. The van der Waals surface area contributed by atoms with Crippen LogP contribution in [0.2, 0.25) is 0 Å². The molecule has 1 fully saturated rings. The predicted octanol–water partition coefficient (Wildman–Crippen LogP) is 3.71. The normalized spacial score (nSPS) is 19.0. The van der Waals surface area contributed by atoms with Crippen LogP contribution in [0.25, 0.3) is 11.1 Å². The SMILES string of the molecule is CN(C(=O)[C@H]1CNC[C@@H]1c1ccccc1)c1cccc(-c2cccnc2)c1. The van der Waals surface area contributed by atoms with E-state index >= 15 is 0 Å². The van der Waals surface area contributed by atoms with E-state index in [0.717, 1.165) is 23.4 Å². The van der Waals surface area contributed by atoms with Gasteiger partial charge < -0.3 is 10.2 Å². The first kappa shape index (κ1) is 17.4. The van der Waals surface area contributed by atoms with E-state index in [1.54, 1.807) is 11.1 Å². The van der Waals surface area contributed by atoms with E-state index in [4.69, 9.17) is 0 Å². The minimum absolute atomic E-state index is 0.0561. The third-order valence-electron chi connectivity index (χ3n) is 5.32. The van der Waals surface area contributed by atoms with Gasteiger partial charge in [0.25, 0.3) is 0 Å². The van der Waals surface area contributed by atoms with Gasteiger partial charge in [-0.1, -0.05) is 48.5 Å². The van der Waals surface area contributed by atoms with Gasteiger partial charge in [0, 0.05) is 49.7 Å². The second-order valence-electron chi connectivity index (χ2n) is 6.97. The standard InChI is InChI=1S/C23H23N3O/c1-26(20-11-5-9-18(13-20)19-10-6-12-24-14-19)23(27)22-16-25-15-21(22)17-7-3-2-4-8-17/h2-14,21-22,25H,15-16H2,1H3/t21-,22+/m1/s1. The van der Waals surface area contributed by atoms with Crippen molar-refractivity contribution in [2.75, 3.05) is 25.0 Å². The summed E-state index contributed by atoms with van der Waals surface area (Å²) in [7, 11) is 1.87. The third kappa shape index (κ3) is 3.62. The molecule has 1 saturated heterocycles. The van der Waals surface area contributed by atoms with Gasteiger partial charge in [0.1, 0.15) is 0 Å². The number of hydrogen-bond donors (Lipinski definition) is 1. The van der Waals surface area contributed by atoms with E-state index in [1.165, 1.54) is 5.56 Å². The molecular formula is C23H23N3O. The van der Waals surface area contributed by atoms with Crippen LogP contribution in [0, 0.1) is 5.92 Å². The van der Waals surface area contributed by atoms with Gasteiger partial charge in [0.2, 0.25) is 5.91 Å². The van der Waals surface area contributed by atoms with E-state index < -0.39 is 0 Å². The van der Waals surface area contributed by atoms with E-state index in [-0.39, 0.29) is 17.7 Å². The van der Waals surface area contributed by atoms with Crippen LogP contribution in [0.3, 0.4) is 0 Å². The maximum absolute atomic E-state index is 13.3. The van der Waals surface area contributed by atoms with Crippen molar-refractivity contribution in [1.82, 2.24) is 10.3 Å². The van der Waals surface area contributed by atoms with Gasteiger partial charge in [0.05, 0.1) is 5.92 Å². The minimum Gasteiger partial charge on any atom is -0.315 e. The monoisotopic (exact) mass is 357 g/mol. The molecule has 3 aromatic rings. The van der Waals surface area contributed by atoms with Gasteiger partial charge in [0.15, 0.2) is 0 Å². The highest BCUT2D eigenvalue weighted by molar-refractivity contribution is 5.96. The van der Waals surface area contributed by atoms with Crippen molar-refractivity contribution in [1.29, 1.82) is 0 Å². The molecule has 4 nitrogen and oxygen atoms in total. The van der Waals surface area contributed by atoms with Gasteiger partial charge in [-0.2, -0.15) is 0 Å². The fourth-order valence-corrected chi connectivity index (χ4v) is 3.79. The lowest BCUT2D eigenvalue weighted by atomic mass is 9.88. The second-order valence-corrected chi connectivity index (χ2v) is 6.97. The molecule has 2 atom stereocenters. The number of amides is 1. The Hall–Kier alpha value is -2.98. The number of pyridine rings is 1. The fourth-order valence-electron chi connectivity index (χ4n) is 3.79. The first-order chi connectivity index (χ1) is 13.2. The molecule has 1 N–H and O–H groups in total. The Kier molecular flexibility index (Phi) is 4.99. The van der Waals surface area contributed by atoms with Crippen molar-refractivity contribution in [3.05, 3.63) is 84.7 Å². The summed E-state index contributed by atoms with van der Waals surface area (Å²) in [4.78, 5) is 19.2. The Labute approximate surface area is 159 Å². The van der Waals surface area contributed by atoms with Crippen LogP contribution >= 0.6 is 0 Å². The zero-order valence-corrected chi connectivity index (χ0v) is 15.4. The fraction of sp³-hybridized carbons (Fsp3) is 0.217. The number of hydrogen-bond acceptors (Lipinski definition) is 3. The van der Waals surface area contributed by atoms with Crippen LogP contribution in [-0.2, 0) is 4.79 Å². The average molecular weight is 357 g/mol. The van der Waals surface area contributed by atoms with Crippen molar-refractivity contribution in [3.8, 4) is 11.1 Å². The Morgan fingerprint density at radius 1 is 1.00 bits per heavy atom. The van der Waals surface area contributed by atoms with Gasteiger partial charge >= 0.3 is 0 Å². The summed E-state index contributed by atoms with van der Waals surface area (Å²) < 4.78 is 0. The molecule has 4 heteroatoms. The number of aromatic nitrogens is 1. The first-order valence-electron chi connectivity index (χ1n) is 9.28. The van der Waals surface area contributed by atoms with E-state index in [0.29, 0.717) is 6.54 Å². The minimum atomic E-state index is -0.0561. The van der Waals surface area contributed by atoms with Crippen LogP contribution in [0.15, 0.2) is 79.1 Å². The molecule has 2 aromatic carbocycles. The largest absolute Gasteiger partial charge is 0.315 e. The molecule has 0 saturated carbocycles. The summed E-state index contributed by atoms with van der Waals surface area (Å²) >= 11 is 0. The van der Waals surface area contributed by atoms with E-state index in [9.17, 15) is 4.79 Å². The van der Waals surface area contributed by atoms with Crippen molar-refractivity contribution in [3.63, 3.8) is 0 Å². The molecule has 2 heterocycles. The van der Waals surface area contributed by atoms with Crippen molar-refractivity contribution < 1.29 is 4.79 Å². The third-order valence-corrected chi connectivity index (χ3v) is 5.32. The summed E-state index contributed by atoms with van der Waals surface area (Å²) in [5.74, 6) is 0.305. The number of carbonyl (C=O) groups is 1. The van der Waals surface area contributed by atoms with E-state index in [2.05, 4.69) is 28.5 Å². The maximum Gasteiger partial charge on any atom is 0.231 e. The molecule has 0 bridgehead atoms. The smallest absolute Gasteiger partial charge is 0.231 e. The molecule has 136 valence electrons. The molecule has 27 heavy (non-hydrogen) atoms. The Balaban J connectivity index is 1.57. The summed E-state index contributed by atoms with van der Waals surface area (Å²) in [5, 5.41) is 3.39. The highest BCUT2D eigenvalue weighted by atomic mass is 16.2. The number of carbonyl (C=O) groups excluding carboxylic acids is 1. The lowest BCUT2D eigenvalue weighted by molar-refractivity contribution is -0.121. The Bertz CT molecular complexity index is 911. The second kappa shape index (κ2) is 7.72. The molecule has 0 spiro atoms. The zero-order valence-electron chi connectivity index (χ0n) is 15.4. The average Bonchev–Trinajstić information content (AvgIpc) is 3.24. The predicted molar refractivity (Wildman–Crippen MR) is 109 cm³/mol. The zero-order chi connectivity index (χ0) is 18.6. The van der Waals surface area contributed by atoms with E-state index in [1.807, 2.05) is 61.8 Å². The Morgan fingerprint density at radius 2 is 1.81 bits per heavy atom. The van der Waals surface area contributed by atoms with Crippen molar-refractivity contribution in [2.45, 2.75) is 5.92 Å². The molecule has 0 aliphatic carbocycles. The number of anilines is 1. The molecule has 1 aliphatic rings. The number of benzene rings is 2. The summed E-state index contributed by atoms with van der Waals surface area (Å²) in [6.45, 7) is 1.55. The number of rotatable bonds is 4. The van der Waals surface area contributed by atoms with Gasteiger partial charge in [-0.25, -0.2) is 0 Å². The highest BCUT2D eigenvalue weighted by Gasteiger charge is 2.35. The van der Waals surface area contributed by atoms with Crippen LogP contribution in [0.1, 0.15) is 11.5 Å². The number of nitrogens with zero attached hydrogens (tertiary/aromatic N) is 2. The highest BCUT2D eigenvalue weighted by Crippen LogP contribution is 2.31. The Morgan fingerprint density at radius 3 is 2.59 bits per heavy atom. The van der Waals surface area contributed by atoms with Crippen LogP contribution in [-0.4, -0.2) is 31.0 Å². The van der Waals surface area contributed by atoms with Crippen molar-refractivity contribution in [2.24, 2.45) is 5.92 Å². The van der Waals surface area contributed by atoms with Crippen LogP contribution < -0.4 is 10.2 Å². The van der Waals surface area contributed by atoms with Gasteiger partial charge in [-0.15, -0.1) is 0 Å². The quantitative estimate of drug-likeness (QED) is 0.774. The molecular weight excluding hydrogens is 334 g/mol. The molecule has 1 amide bonds. The van der Waals surface area contributed by atoms with Crippen LogP contribution in [0.4, 0.5) is 5.69 Å². The summed E-state index contributed by atoms with van der Waals surface area (Å²) in [6, 6.07) is 22.3. The topological polar surface area (TPSA) is 45.2 Å². The maximum atomic E-state index is 13.3. The lowest BCUT2D eigenvalue weighted by Crippen LogP contribution is -2.36.